The first-order chi connectivity index (χ1) is 5.49. The van der Waals surface area contributed by atoms with E-state index in [9.17, 15) is 4.79 Å². The second-order valence-electron chi connectivity index (χ2n) is 4.11. The number of rotatable bonds is 3. The van der Waals surface area contributed by atoms with E-state index in [1.165, 1.54) is 6.20 Å². The largest absolute Gasteiger partial charge is 0.478 e. The van der Waals surface area contributed by atoms with E-state index >= 15 is 0 Å². The van der Waals surface area contributed by atoms with Gasteiger partial charge in [-0.05, 0) is 18.3 Å². The Morgan fingerprint density at radius 2 is 2.17 bits per heavy atom. The lowest BCUT2D eigenvalue weighted by Gasteiger charge is -2.42. The van der Waals surface area contributed by atoms with Crippen molar-refractivity contribution in [3.05, 3.63) is 12.3 Å². The first-order valence-corrected chi connectivity index (χ1v) is 4.15. The standard InChI is InChI=1S/C9H15NO2/c1-9(2)5-7(6-9)10-4-3-8(11)12/h3-4,7,10H,5-6H2,1-2H3,(H,11,12)/b4-3+. The molecule has 0 aromatic carbocycles. The van der Waals surface area contributed by atoms with Crippen LogP contribution in [0.25, 0.3) is 0 Å². The molecular weight excluding hydrogens is 154 g/mol. The summed E-state index contributed by atoms with van der Waals surface area (Å²) in [5, 5.41) is 11.3. The van der Waals surface area contributed by atoms with E-state index in [4.69, 9.17) is 5.11 Å². The van der Waals surface area contributed by atoms with Gasteiger partial charge in [0.15, 0.2) is 0 Å². The average molecular weight is 169 g/mol. The van der Waals surface area contributed by atoms with Crippen LogP contribution in [0.2, 0.25) is 0 Å². The van der Waals surface area contributed by atoms with E-state index in [1.54, 1.807) is 0 Å². The lowest BCUT2D eigenvalue weighted by molar-refractivity contribution is -0.131. The average Bonchev–Trinajstić information content (AvgIpc) is 1.82. The molecule has 2 N–H and O–H groups in total. The molecule has 1 aliphatic rings. The van der Waals surface area contributed by atoms with Gasteiger partial charge in [-0.3, -0.25) is 0 Å². The van der Waals surface area contributed by atoms with Gasteiger partial charge in [0, 0.05) is 18.3 Å². The van der Waals surface area contributed by atoms with Crippen molar-refractivity contribution < 1.29 is 9.90 Å². The molecule has 0 bridgehead atoms. The highest BCUT2D eigenvalue weighted by molar-refractivity contribution is 5.79. The minimum Gasteiger partial charge on any atom is -0.478 e. The quantitative estimate of drug-likeness (QED) is 0.627. The first kappa shape index (κ1) is 9.10. The van der Waals surface area contributed by atoms with Gasteiger partial charge in [-0.1, -0.05) is 13.8 Å². The summed E-state index contributed by atoms with van der Waals surface area (Å²) in [7, 11) is 0. The molecule has 0 spiro atoms. The SMILES string of the molecule is CC1(C)CC(N/C=C/C(=O)O)C1. The van der Waals surface area contributed by atoms with Crippen LogP contribution in [0.15, 0.2) is 12.3 Å². The number of hydrogen-bond acceptors (Lipinski definition) is 2. The Kier molecular flexibility index (Phi) is 2.40. The zero-order valence-corrected chi connectivity index (χ0v) is 7.50. The minimum atomic E-state index is -0.902. The summed E-state index contributed by atoms with van der Waals surface area (Å²) in [5.74, 6) is -0.902. The topological polar surface area (TPSA) is 49.3 Å². The van der Waals surface area contributed by atoms with Crippen molar-refractivity contribution in [2.24, 2.45) is 5.41 Å². The van der Waals surface area contributed by atoms with Crippen LogP contribution in [0.4, 0.5) is 0 Å². The van der Waals surface area contributed by atoms with Crippen molar-refractivity contribution in [3.63, 3.8) is 0 Å². The van der Waals surface area contributed by atoms with Crippen molar-refractivity contribution in [2.45, 2.75) is 32.7 Å². The zero-order valence-electron chi connectivity index (χ0n) is 7.50. The van der Waals surface area contributed by atoms with Gasteiger partial charge in [0.2, 0.25) is 0 Å². The lowest BCUT2D eigenvalue weighted by Crippen LogP contribution is -2.43. The van der Waals surface area contributed by atoms with Crippen LogP contribution in [0.5, 0.6) is 0 Å². The molecule has 1 saturated carbocycles. The molecule has 1 rings (SSSR count). The molecule has 0 heterocycles. The van der Waals surface area contributed by atoms with Gasteiger partial charge in [0.1, 0.15) is 0 Å². The Labute approximate surface area is 72.5 Å². The molecule has 3 heteroatoms. The summed E-state index contributed by atoms with van der Waals surface area (Å²) >= 11 is 0. The van der Waals surface area contributed by atoms with Crippen molar-refractivity contribution in [2.75, 3.05) is 0 Å². The monoisotopic (exact) mass is 169 g/mol. The molecule has 0 atom stereocenters. The van der Waals surface area contributed by atoms with E-state index in [-0.39, 0.29) is 0 Å². The van der Waals surface area contributed by atoms with Crippen LogP contribution in [0.1, 0.15) is 26.7 Å². The number of carboxylic acid groups (broad SMARTS) is 1. The molecule has 1 fully saturated rings. The molecule has 68 valence electrons. The molecule has 1 aliphatic carbocycles. The number of nitrogens with one attached hydrogen (secondary N) is 1. The molecule has 0 saturated heterocycles. The van der Waals surface area contributed by atoms with E-state index < -0.39 is 5.97 Å². The predicted molar refractivity (Wildman–Crippen MR) is 46.7 cm³/mol. The van der Waals surface area contributed by atoms with E-state index in [0.717, 1.165) is 18.9 Å². The Morgan fingerprint density at radius 3 is 2.58 bits per heavy atom. The summed E-state index contributed by atoms with van der Waals surface area (Å²) < 4.78 is 0. The zero-order chi connectivity index (χ0) is 9.19. The van der Waals surface area contributed by atoms with Crippen LogP contribution < -0.4 is 5.32 Å². The van der Waals surface area contributed by atoms with Crippen molar-refractivity contribution in [1.82, 2.24) is 5.32 Å². The highest BCUT2D eigenvalue weighted by Gasteiger charge is 2.35. The van der Waals surface area contributed by atoms with Crippen molar-refractivity contribution in [3.8, 4) is 0 Å². The lowest BCUT2D eigenvalue weighted by atomic mass is 9.68. The minimum absolute atomic E-state index is 0.439. The number of carbonyl (C=O) groups is 1. The molecule has 0 unspecified atom stereocenters. The highest BCUT2D eigenvalue weighted by atomic mass is 16.4. The first-order valence-electron chi connectivity index (χ1n) is 4.15. The molecular formula is C9H15NO2. The van der Waals surface area contributed by atoms with E-state index in [0.29, 0.717) is 11.5 Å². The van der Waals surface area contributed by atoms with Gasteiger partial charge in [-0.2, -0.15) is 0 Å². The van der Waals surface area contributed by atoms with Crippen LogP contribution in [0, 0.1) is 5.41 Å². The number of carboxylic acids is 1. The number of aliphatic carboxylic acids is 1. The van der Waals surface area contributed by atoms with E-state index in [2.05, 4.69) is 19.2 Å². The third kappa shape index (κ3) is 2.57. The Bertz CT molecular complexity index is 201. The second-order valence-corrected chi connectivity index (χ2v) is 4.11. The van der Waals surface area contributed by atoms with Gasteiger partial charge in [-0.25, -0.2) is 4.79 Å². The maximum absolute atomic E-state index is 10.1. The van der Waals surface area contributed by atoms with Gasteiger partial charge >= 0.3 is 5.97 Å². The maximum atomic E-state index is 10.1. The van der Waals surface area contributed by atoms with Crippen LogP contribution in [0.3, 0.4) is 0 Å². The molecule has 0 aromatic heterocycles. The summed E-state index contributed by atoms with van der Waals surface area (Å²) in [6, 6.07) is 0.468. The summed E-state index contributed by atoms with van der Waals surface area (Å²) in [4.78, 5) is 10.1. The highest BCUT2D eigenvalue weighted by Crippen LogP contribution is 2.39. The number of hydrogen-bond donors (Lipinski definition) is 2. The third-order valence-corrected chi connectivity index (χ3v) is 2.16. The normalized spacial score (nSPS) is 22.2. The Morgan fingerprint density at radius 1 is 1.58 bits per heavy atom. The molecule has 0 radical (unpaired) electrons. The van der Waals surface area contributed by atoms with Crippen LogP contribution >= 0.6 is 0 Å². The van der Waals surface area contributed by atoms with E-state index in [1.807, 2.05) is 0 Å². The van der Waals surface area contributed by atoms with Gasteiger partial charge in [0.05, 0.1) is 0 Å². The van der Waals surface area contributed by atoms with Crippen LogP contribution in [-0.4, -0.2) is 17.1 Å². The summed E-state index contributed by atoms with van der Waals surface area (Å²) in [5.41, 5.74) is 0.439. The molecule has 0 aliphatic heterocycles. The maximum Gasteiger partial charge on any atom is 0.329 e. The molecule has 12 heavy (non-hydrogen) atoms. The van der Waals surface area contributed by atoms with Crippen molar-refractivity contribution in [1.29, 1.82) is 0 Å². The fourth-order valence-electron chi connectivity index (χ4n) is 1.65. The van der Waals surface area contributed by atoms with Gasteiger partial charge in [0.25, 0.3) is 0 Å². The van der Waals surface area contributed by atoms with Gasteiger partial charge < -0.3 is 10.4 Å². The molecule has 3 nitrogen and oxygen atoms in total. The molecule has 0 aromatic rings. The Balaban J connectivity index is 2.16. The smallest absolute Gasteiger partial charge is 0.329 e. The summed E-state index contributed by atoms with van der Waals surface area (Å²) in [6.45, 7) is 4.43. The third-order valence-electron chi connectivity index (χ3n) is 2.16. The molecule has 0 amide bonds. The fourth-order valence-corrected chi connectivity index (χ4v) is 1.65. The predicted octanol–water partition coefficient (Wildman–Crippen LogP) is 1.36. The summed E-state index contributed by atoms with van der Waals surface area (Å²) in [6.07, 6.45) is 4.89. The second kappa shape index (κ2) is 3.17. The van der Waals surface area contributed by atoms with Gasteiger partial charge in [-0.15, -0.1) is 0 Å². The Hall–Kier alpha value is -0.990. The fraction of sp³-hybridized carbons (Fsp3) is 0.667. The van der Waals surface area contributed by atoms with Crippen LogP contribution in [-0.2, 0) is 4.79 Å². The van der Waals surface area contributed by atoms with Crippen molar-refractivity contribution >= 4 is 5.97 Å².